The maximum Gasteiger partial charge on any atom is 0.416 e. The zero-order valence-corrected chi connectivity index (χ0v) is 21.2. The zero-order chi connectivity index (χ0) is 29.6. The number of imide groups is 1. The number of thioether (sulfide) groups is 1. The van der Waals surface area contributed by atoms with Crippen LogP contribution < -0.4 is 9.86 Å². The van der Waals surface area contributed by atoms with Crippen molar-refractivity contribution in [3.05, 3.63) is 69.8 Å². The average Bonchev–Trinajstić information content (AvgIpc) is 3.32. The molecule has 2 heterocycles. The summed E-state index contributed by atoms with van der Waals surface area (Å²) in [6, 6.07) is 5.75. The van der Waals surface area contributed by atoms with Crippen molar-refractivity contribution in [3.8, 4) is 0 Å². The van der Waals surface area contributed by atoms with Crippen LogP contribution in [0.3, 0.4) is 0 Å². The van der Waals surface area contributed by atoms with Crippen molar-refractivity contribution < 1.29 is 49.1 Å². The molecule has 212 valence electrons. The van der Waals surface area contributed by atoms with E-state index in [2.05, 4.69) is 10.2 Å². The first kappa shape index (κ1) is 29.1. The Kier molecular flexibility index (Phi) is 7.46. The molecule has 4 rings (SSSR count). The summed E-state index contributed by atoms with van der Waals surface area (Å²) < 4.78 is 104. The van der Waals surface area contributed by atoms with Crippen molar-refractivity contribution >= 4 is 56.0 Å². The van der Waals surface area contributed by atoms with E-state index in [-0.39, 0.29) is 11.0 Å². The Balaban J connectivity index is 1.57. The van der Waals surface area contributed by atoms with Gasteiger partial charge in [0.2, 0.25) is 0 Å². The lowest BCUT2D eigenvalue weighted by Crippen LogP contribution is -2.44. The standard InChI is InChI=1S/C22H15F6N5O5S2/c23-21(24,25)14-3-2-12(15(7-14)22(26,27)28)9-33-16-4-1-11(5-13(16)8-30-33)6-17-19(35)32(20(36)39-17)10-18(34)31-40(29,37)38/h1-8H,9-10H2,(H,31,34)(H2,29,37,38)/b17-6-. The number of nitrogens with one attached hydrogen (secondary N) is 1. The molecule has 0 unspecified atom stereocenters. The van der Waals surface area contributed by atoms with Gasteiger partial charge in [0.1, 0.15) is 6.54 Å². The van der Waals surface area contributed by atoms with E-state index in [0.29, 0.717) is 39.2 Å². The highest BCUT2D eigenvalue weighted by atomic mass is 32.2. The minimum atomic E-state index is -5.05. The molecule has 0 aliphatic carbocycles. The van der Waals surface area contributed by atoms with Crippen molar-refractivity contribution in [2.45, 2.75) is 18.9 Å². The maximum absolute atomic E-state index is 13.5. The monoisotopic (exact) mass is 607 g/mol. The van der Waals surface area contributed by atoms with Crippen LogP contribution in [0.15, 0.2) is 47.5 Å². The summed E-state index contributed by atoms with van der Waals surface area (Å²) in [5, 5.41) is 8.27. The van der Waals surface area contributed by atoms with Gasteiger partial charge in [-0.3, -0.25) is 24.0 Å². The number of benzene rings is 2. The van der Waals surface area contributed by atoms with Gasteiger partial charge < -0.3 is 0 Å². The molecule has 1 aliphatic rings. The lowest BCUT2D eigenvalue weighted by Gasteiger charge is -2.16. The van der Waals surface area contributed by atoms with E-state index in [1.165, 1.54) is 35.2 Å². The summed E-state index contributed by atoms with van der Waals surface area (Å²) in [6.07, 6.45) is -7.40. The number of aromatic nitrogens is 2. The van der Waals surface area contributed by atoms with Gasteiger partial charge in [-0.2, -0.15) is 39.9 Å². The quantitative estimate of drug-likeness (QED) is 0.323. The van der Waals surface area contributed by atoms with Gasteiger partial charge in [-0.1, -0.05) is 12.1 Å². The highest BCUT2D eigenvalue weighted by Crippen LogP contribution is 2.38. The fourth-order valence-electron chi connectivity index (χ4n) is 3.76. The minimum absolute atomic E-state index is 0.0464. The topological polar surface area (TPSA) is 144 Å². The number of hydrogen-bond donors (Lipinski definition) is 2. The number of alkyl halides is 6. The molecule has 1 fully saturated rings. The molecule has 1 aromatic heterocycles. The molecule has 0 radical (unpaired) electrons. The Morgan fingerprint density at radius 1 is 1.05 bits per heavy atom. The fraction of sp³-hybridized carbons (Fsp3) is 0.182. The lowest BCUT2D eigenvalue weighted by atomic mass is 10.0. The smallest absolute Gasteiger partial charge is 0.272 e. The Hall–Kier alpha value is -3.90. The van der Waals surface area contributed by atoms with Gasteiger partial charge in [0.05, 0.1) is 34.3 Å². The number of carbonyl (C=O) groups is 3. The second-order valence-electron chi connectivity index (χ2n) is 8.33. The highest BCUT2D eigenvalue weighted by Gasteiger charge is 2.39. The molecule has 2 aromatic carbocycles. The van der Waals surface area contributed by atoms with Crippen LogP contribution in [0.5, 0.6) is 0 Å². The maximum atomic E-state index is 13.5. The van der Waals surface area contributed by atoms with E-state index in [0.717, 1.165) is 10.7 Å². The zero-order valence-electron chi connectivity index (χ0n) is 19.6. The van der Waals surface area contributed by atoms with Crippen molar-refractivity contribution in [1.29, 1.82) is 0 Å². The van der Waals surface area contributed by atoms with Gasteiger partial charge in [0.25, 0.3) is 27.3 Å². The molecular weight excluding hydrogens is 592 g/mol. The van der Waals surface area contributed by atoms with Crippen LogP contribution >= 0.6 is 11.8 Å². The number of fused-ring (bicyclic) bond motifs is 1. The molecular formula is C22H15F6N5O5S2. The van der Waals surface area contributed by atoms with Gasteiger partial charge in [-0.15, -0.1) is 0 Å². The van der Waals surface area contributed by atoms with Gasteiger partial charge in [-0.25, -0.2) is 9.86 Å². The number of rotatable bonds is 6. The first-order chi connectivity index (χ1) is 18.4. The van der Waals surface area contributed by atoms with Crippen molar-refractivity contribution in [2.75, 3.05) is 6.54 Å². The number of hydrogen-bond acceptors (Lipinski definition) is 7. The van der Waals surface area contributed by atoms with Gasteiger partial charge in [0.15, 0.2) is 0 Å². The summed E-state index contributed by atoms with van der Waals surface area (Å²) in [5.41, 5.74) is -2.62. The lowest BCUT2D eigenvalue weighted by molar-refractivity contribution is -0.143. The molecule has 1 saturated heterocycles. The normalized spacial score (nSPS) is 15.9. The molecule has 40 heavy (non-hydrogen) atoms. The van der Waals surface area contributed by atoms with E-state index >= 15 is 0 Å². The van der Waals surface area contributed by atoms with E-state index < -0.39 is 69.4 Å². The number of nitrogens with two attached hydrogens (primary N) is 1. The van der Waals surface area contributed by atoms with Gasteiger partial charge in [-0.05, 0) is 53.2 Å². The summed E-state index contributed by atoms with van der Waals surface area (Å²) >= 11 is 0.486. The summed E-state index contributed by atoms with van der Waals surface area (Å²) in [5.74, 6) is -2.08. The van der Waals surface area contributed by atoms with Crippen LogP contribution in [0.4, 0.5) is 31.1 Å². The van der Waals surface area contributed by atoms with Crippen LogP contribution in [0, 0.1) is 0 Å². The third kappa shape index (κ3) is 6.45. The number of amides is 3. The second-order valence-corrected chi connectivity index (χ2v) is 10.6. The first-order valence-electron chi connectivity index (χ1n) is 10.7. The minimum Gasteiger partial charge on any atom is -0.272 e. The van der Waals surface area contributed by atoms with Gasteiger partial charge in [0, 0.05) is 5.39 Å². The number of carbonyl (C=O) groups excluding carboxylic acids is 3. The Labute approximate surface area is 225 Å². The fourth-order valence-corrected chi connectivity index (χ4v) is 4.98. The molecule has 3 N–H and O–H groups in total. The van der Waals surface area contributed by atoms with Crippen molar-refractivity contribution in [2.24, 2.45) is 5.14 Å². The Morgan fingerprint density at radius 2 is 1.75 bits per heavy atom. The van der Waals surface area contributed by atoms with E-state index in [4.69, 9.17) is 0 Å². The Bertz CT molecular complexity index is 1680. The third-order valence-electron chi connectivity index (χ3n) is 5.46. The molecule has 0 bridgehead atoms. The SMILES string of the molecule is NS(=O)(=O)NC(=O)CN1C(=O)S/C(=C\c2ccc3c(cnn3Cc3ccc(C(F)(F)F)cc3C(F)(F)F)c2)C1=O. The predicted molar refractivity (Wildman–Crippen MR) is 129 cm³/mol. The summed E-state index contributed by atoms with van der Waals surface area (Å²) in [4.78, 5) is 36.9. The van der Waals surface area contributed by atoms with Crippen LogP contribution in [-0.2, 0) is 38.7 Å². The number of halogens is 6. The average molecular weight is 608 g/mol. The van der Waals surface area contributed by atoms with Gasteiger partial charge >= 0.3 is 12.4 Å². The van der Waals surface area contributed by atoms with Crippen LogP contribution in [0.25, 0.3) is 17.0 Å². The highest BCUT2D eigenvalue weighted by molar-refractivity contribution is 8.18. The number of nitrogens with zero attached hydrogens (tertiary/aromatic N) is 3. The van der Waals surface area contributed by atoms with E-state index in [9.17, 15) is 49.1 Å². The summed E-state index contributed by atoms with van der Waals surface area (Å²) in [6.45, 7) is -1.39. The molecule has 0 atom stereocenters. The predicted octanol–water partition coefficient (Wildman–Crippen LogP) is 3.48. The van der Waals surface area contributed by atoms with E-state index in [1.54, 1.807) is 0 Å². The van der Waals surface area contributed by atoms with Crippen LogP contribution in [-0.4, -0.2) is 46.7 Å². The second kappa shape index (κ2) is 10.3. The van der Waals surface area contributed by atoms with Crippen molar-refractivity contribution in [3.63, 3.8) is 0 Å². The first-order valence-corrected chi connectivity index (χ1v) is 13.1. The molecule has 3 aromatic rings. The molecule has 10 nitrogen and oxygen atoms in total. The van der Waals surface area contributed by atoms with Crippen molar-refractivity contribution in [1.82, 2.24) is 19.4 Å². The molecule has 0 spiro atoms. The molecule has 18 heteroatoms. The Morgan fingerprint density at radius 3 is 2.38 bits per heavy atom. The largest absolute Gasteiger partial charge is 0.416 e. The molecule has 1 aliphatic heterocycles. The third-order valence-corrected chi connectivity index (χ3v) is 6.88. The molecule has 3 amide bonds. The van der Waals surface area contributed by atoms with Crippen LogP contribution in [0.1, 0.15) is 22.3 Å². The van der Waals surface area contributed by atoms with Crippen LogP contribution in [0.2, 0.25) is 0 Å². The molecule has 0 saturated carbocycles. The summed E-state index contributed by atoms with van der Waals surface area (Å²) in [7, 11) is -4.40. The van der Waals surface area contributed by atoms with E-state index in [1.807, 2.05) is 0 Å².